The van der Waals surface area contributed by atoms with Crippen molar-refractivity contribution in [2.24, 2.45) is 5.84 Å². The highest BCUT2D eigenvalue weighted by atomic mass is 16.6. The zero-order valence-electron chi connectivity index (χ0n) is 10.7. The van der Waals surface area contributed by atoms with E-state index in [2.05, 4.69) is 25.7 Å². The van der Waals surface area contributed by atoms with E-state index in [1.807, 2.05) is 25.1 Å². The molecule has 0 atom stereocenters. The quantitative estimate of drug-likeness (QED) is 0.418. The summed E-state index contributed by atoms with van der Waals surface area (Å²) in [6, 6.07) is 5.54. The van der Waals surface area contributed by atoms with E-state index in [4.69, 9.17) is 5.84 Å². The molecular formula is C11H13N7O2. The van der Waals surface area contributed by atoms with Crippen molar-refractivity contribution in [3.05, 3.63) is 46.0 Å². The van der Waals surface area contributed by atoms with Crippen molar-refractivity contribution in [1.82, 2.24) is 15.0 Å². The predicted octanol–water partition coefficient (Wildman–Crippen LogP) is 0.986. The maximum absolute atomic E-state index is 11.0. The number of pyridine rings is 1. The van der Waals surface area contributed by atoms with E-state index in [1.54, 1.807) is 0 Å². The highest BCUT2D eigenvalue weighted by molar-refractivity contribution is 5.68. The van der Waals surface area contributed by atoms with Gasteiger partial charge in [-0.1, -0.05) is 6.07 Å². The van der Waals surface area contributed by atoms with E-state index < -0.39 is 4.92 Å². The summed E-state index contributed by atoms with van der Waals surface area (Å²) in [7, 11) is 0. The number of nitro groups is 1. The largest absolute Gasteiger partial charge is 0.359 e. The second-order valence-corrected chi connectivity index (χ2v) is 3.94. The Kier molecular flexibility index (Phi) is 4.01. The molecule has 0 aromatic carbocycles. The summed E-state index contributed by atoms with van der Waals surface area (Å²) < 4.78 is 0. The monoisotopic (exact) mass is 275 g/mol. The lowest BCUT2D eigenvalue weighted by Gasteiger charge is -2.08. The van der Waals surface area contributed by atoms with E-state index in [1.165, 1.54) is 6.33 Å². The second-order valence-electron chi connectivity index (χ2n) is 3.94. The molecule has 9 heteroatoms. The lowest BCUT2D eigenvalue weighted by Crippen LogP contribution is -2.14. The Morgan fingerprint density at radius 2 is 2.10 bits per heavy atom. The molecule has 0 aliphatic carbocycles. The van der Waals surface area contributed by atoms with Gasteiger partial charge in [0.2, 0.25) is 11.6 Å². The highest BCUT2D eigenvalue weighted by Gasteiger charge is 2.22. The van der Waals surface area contributed by atoms with Crippen LogP contribution < -0.4 is 16.6 Å². The number of nitrogens with zero attached hydrogens (tertiary/aromatic N) is 4. The molecule has 0 bridgehead atoms. The van der Waals surface area contributed by atoms with Crippen molar-refractivity contribution in [2.75, 3.05) is 10.7 Å². The zero-order valence-corrected chi connectivity index (χ0v) is 10.7. The van der Waals surface area contributed by atoms with Crippen LogP contribution in [0.15, 0.2) is 24.5 Å². The van der Waals surface area contributed by atoms with Crippen molar-refractivity contribution >= 4 is 17.3 Å². The summed E-state index contributed by atoms with van der Waals surface area (Å²) in [5, 5.41) is 13.9. The van der Waals surface area contributed by atoms with E-state index >= 15 is 0 Å². The Hall–Kier alpha value is -2.81. The first-order chi connectivity index (χ1) is 9.61. The second kappa shape index (κ2) is 5.89. The van der Waals surface area contributed by atoms with Crippen LogP contribution in [0.5, 0.6) is 0 Å². The third-order valence-corrected chi connectivity index (χ3v) is 2.52. The van der Waals surface area contributed by atoms with Gasteiger partial charge in [-0.05, 0) is 19.1 Å². The molecule has 0 radical (unpaired) electrons. The number of aromatic nitrogens is 3. The topological polar surface area (TPSA) is 132 Å². The van der Waals surface area contributed by atoms with Crippen molar-refractivity contribution in [3.63, 3.8) is 0 Å². The van der Waals surface area contributed by atoms with Crippen LogP contribution in [0.1, 0.15) is 11.4 Å². The number of hydrazine groups is 1. The lowest BCUT2D eigenvalue weighted by atomic mass is 10.3. The summed E-state index contributed by atoms with van der Waals surface area (Å²) >= 11 is 0. The minimum absolute atomic E-state index is 0.0512. The molecule has 4 N–H and O–H groups in total. The fourth-order valence-corrected chi connectivity index (χ4v) is 1.66. The molecule has 2 aromatic rings. The number of hydrogen-bond acceptors (Lipinski definition) is 8. The fraction of sp³-hybridized carbons (Fsp3) is 0.182. The number of rotatable bonds is 5. The molecule has 0 saturated heterocycles. The number of nitrogens with one attached hydrogen (secondary N) is 2. The first-order valence-electron chi connectivity index (χ1n) is 5.74. The van der Waals surface area contributed by atoms with Crippen molar-refractivity contribution < 1.29 is 4.92 Å². The molecule has 2 aromatic heterocycles. The van der Waals surface area contributed by atoms with Gasteiger partial charge in [-0.3, -0.25) is 15.1 Å². The average Bonchev–Trinajstić information content (AvgIpc) is 2.44. The van der Waals surface area contributed by atoms with Crippen LogP contribution in [0.3, 0.4) is 0 Å². The molecule has 0 unspecified atom stereocenters. The van der Waals surface area contributed by atoms with Gasteiger partial charge in [-0.2, -0.15) is 0 Å². The van der Waals surface area contributed by atoms with Crippen LogP contribution >= 0.6 is 0 Å². The van der Waals surface area contributed by atoms with E-state index in [0.717, 1.165) is 11.4 Å². The molecule has 2 heterocycles. The molecule has 0 fully saturated rings. The van der Waals surface area contributed by atoms with Gasteiger partial charge in [0.15, 0.2) is 0 Å². The van der Waals surface area contributed by atoms with Gasteiger partial charge < -0.3 is 10.7 Å². The summed E-state index contributed by atoms with van der Waals surface area (Å²) in [5.74, 6) is 5.23. The Labute approximate surface area is 114 Å². The average molecular weight is 275 g/mol. The molecule has 0 saturated carbocycles. The van der Waals surface area contributed by atoms with Crippen LogP contribution in [0.4, 0.5) is 17.3 Å². The number of anilines is 2. The summed E-state index contributed by atoms with van der Waals surface area (Å²) in [6.07, 6.45) is 1.19. The van der Waals surface area contributed by atoms with E-state index in [9.17, 15) is 10.1 Å². The van der Waals surface area contributed by atoms with E-state index in [-0.39, 0.29) is 17.3 Å². The number of nitrogen functional groups attached to an aromatic ring is 1. The third-order valence-electron chi connectivity index (χ3n) is 2.52. The van der Waals surface area contributed by atoms with Gasteiger partial charge >= 0.3 is 5.69 Å². The van der Waals surface area contributed by atoms with Gasteiger partial charge in [0.25, 0.3) is 0 Å². The standard InChI is InChI=1S/C11H13N7O2/c1-7-3-2-4-8(16-7)5-13-10-9(18(19)20)11(17-12)15-6-14-10/h2-4,6H,5,12H2,1H3,(H2,13,14,15,17). The molecule has 0 aliphatic rings. The molecule has 9 nitrogen and oxygen atoms in total. The van der Waals surface area contributed by atoms with Crippen molar-refractivity contribution in [2.45, 2.75) is 13.5 Å². The number of hydrogen-bond donors (Lipinski definition) is 3. The third kappa shape index (κ3) is 2.95. The van der Waals surface area contributed by atoms with Crippen LogP contribution in [-0.2, 0) is 6.54 Å². The Balaban J connectivity index is 2.23. The van der Waals surface area contributed by atoms with Gasteiger partial charge in [-0.15, -0.1) is 0 Å². The Bertz CT molecular complexity index is 632. The number of aryl methyl sites for hydroxylation is 1. The van der Waals surface area contributed by atoms with Gasteiger partial charge in [0.05, 0.1) is 17.2 Å². The maximum atomic E-state index is 11.0. The molecular weight excluding hydrogens is 262 g/mol. The molecule has 0 amide bonds. The van der Waals surface area contributed by atoms with Crippen LogP contribution in [0, 0.1) is 17.0 Å². The summed E-state index contributed by atoms with van der Waals surface area (Å²) in [5.41, 5.74) is 3.49. The normalized spacial score (nSPS) is 10.1. The van der Waals surface area contributed by atoms with Crippen molar-refractivity contribution in [3.8, 4) is 0 Å². The molecule has 2 rings (SSSR count). The zero-order chi connectivity index (χ0) is 14.5. The van der Waals surface area contributed by atoms with Gasteiger partial charge in [-0.25, -0.2) is 15.8 Å². The molecule has 104 valence electrons. The van der Waals surface area contributed by atoms with Gasteiger partial charge in [0.1, 0.15) is 6.33 Å². The molecule has 20 heavy (non-hydrogen) atoms. The first-order valence-corrected chi connectivity index (χ1v) is 5.74. The lowest BCUT2D eigenvalue weighted by molar-refractivity contribution is -0.383. The molecule has 0 aliphatic heterocycles. The van der Waals surface area contributed by atoms with E-state index in [0.29, 0.717) is 6.54 Å². The molecule has 0 spiro atoms. The predicted molar refractivity (Wildman–Crippen MR) is 72.8 cm³/mol. The SMILES string of the molecule is Cc1cccc(CNc2ncnc(NN)c2[N+](=O)[O-])n1. The minimum atomic E-state index is -0.596. The fourth-order valence-electron chi connectivity index (χ4n) is 1.66. The summed E-state index contributed by atoms with van der Waals surface area (Å²) in [6.45, 7) is 2.18. The Morgan fingerprint density at radius 1 is 1.35 bits per heavy atom. The van der Waals surface area contributed by atoms with Crippen LogP contribution in [0.25, 0.3) is 0 Å². The smallest absolute Gasteiger partial charge is 0.354 e. The highest BCUT2D eigenvalue weighted by Crippen LogP contribution is 2.28. The first kappa shape index (κ1) is 13.6. The van der Waals surface area contributed by atoms with Crippen LogP contribution in [0.2, 0.25) is 0 Å². The van der Waals surface area contributed by atoms with Gasteiger partial charge in [0, 0.05) is 5.69 Å². The van der Waals surface area contributed by atoms with Crippen LogP contribution in [-0.4, -0.2) is 19.9 Å². The summed E-state index contributed by atoms with van der Waals surface area (Å²) in [4.78, 5) is 22.3. The maximum Gasteiger partial charge on any atom is 0.354 e. The number of nitrogens with two attached hydrogens (primary N) is 1. The Morgan fingerprint density at radius 3 is 2.75 bits per heavy atom. The van der Waals surface area contributed by atoms with Crippen molar-refractivity contribution in [1.29, 1.82) is 0 Å². The minimum Gasteiger partial charge on any atom is -0.359 e.